The summed E-state index contributed by atoms with van der Waals surface area (Å²) in [5.74, 6) is -0.832. The molecule has 2 heterocycles. The number of hydrogen-bond donors (Lipinski definition) is 2. The Morgan fingerprint density at radius 1 is 1.13 bits per heavy atom. The fourth-order valence-corrected chi connectivity index (χ4v) is 3.06. The number of anilines is 1. The highest BCUT2D eigenvalue weighted by Gasteiger charge is 2.34. The Balaban J connectivity index is 1.75. The van der Waals surface area contributed by atoms with Gasteiger partial charge in [0.25, 0.3) is 5.91 Å². The third-order valence-electron chi connectivity index (χ3n) is 4.46. The SMILES string of the molecule is Cc1cc(=O)c(C(=O)Nc2ccc3[nH]ncc3c2)nn1-c1ccccc1C(F)(F)F. The number of halogens is 3. The second-order valence-electron chi connectivity index (χ2n) is 6.55. The summed E-state index contributed by atoms with van der Waals surface area (Å²) in [5, 5.41) is 13.9. The molecule has 0 aliphatic heterocycles. The smallest absolute Gasteiger partial charge is 0.320 e. The lowest BCUT2D eigenvalue weighted by Crippen LogP contribution is -2.27. The summed E-state index contributed by atoms with van der Waals surface area (Å²) in [5.41, 5.74) is -1.13. The van der Waals surface area contributed by atoms with Crippen LogP contribution in [0.5, 0.6) is 0 Å². The number of carbonyl (C=O) groups is 1. The monoisotopic (exact) mass is 413 g/mol. The van der Waals surface area contributed by atoms with Crippen LogP contribution >= 0.6 is 0 Å². The van der Waals surface area contributed by atoms with Crippen LogP contribution < -0.4 is 10.7 Å². The number of aromatic nitrogens is 4. The fourth-order valence-electron chi connectivity index (χ4n) is 3.06. The molecule has 0 bridgehead atoms. The minimum absolute atomic E-state index is 0.160. The van der Waals surface area contributed by atoms with Gasteiger partial charge in [0, 0.05) is 22.8 Å². The van der Waals surface area contributed by atoms with Gasteiger partial charge in [-0.1, -0.05) is 12.1 Å². The van der Waals surface area contributed by atoms with E-state index < -0.39 is 28.8 Å². The van der Waals surface area contributed by atoms with Gasteiger partial charge in [0.05, 0.1) is 23.0 Å². The Kier molecular flexibility index (Phi) is 4.61. The molecule has 4 rings (SSSR count). The number of rotatable bonds is 3. The van der Waals surface area contributed by atoms with Crippen molar-refractivity contribution < 1.29 is 18.0 Å². The predicted molar refractivity (Wildman–Crippen MR) is 104 cm³/mol. The molecule has 0 unspecified atom stereocenters. The third kappa shape index (κ3) is 3.54. The number of para-hydroxylation sites is 1. The van der Waals surface area contributed by atoms with Gasteiger partial charge in [-0.15, -0.1) is 0 Å². The number of amides is 1. The first-order chi connectivity index (χ1) is 14.2. The van der Waals surface area contributed by atoms with Gasteiger partial charge in [-0.3, -0.25) is 14.7 Å². The number of benzene rings is 2. The fraction of sp³-hybridized carbons (Fsp3) is 0.100. The third-order valence-corrected chi connectivity index (χ3v) is 4.46. The van der Waals surface area contributed by atoms with Crippen LogP contribution in [0, 0.1) is 6.92 Å². The van der Waals surface area contributed by atoms with Gasteiger partial charge in [0.15, 0.2) is 5.69 Å². The first-order valence-electron chi connectivity index (χ1n) is 8.76. The molecule has 0 spiro atoms. The van der Waals surface area contributed by atoms with Crippen LogP contribution in [0.3, 0.4) is 0 Å². The molecule has 2 N–H and O–H groups in total. The van der Waals surface area contributed by atoms with Crippen molar-refractivity contribution >= 4 is 22.5 Å². The van der Waals surface area contributed by atoms with Crippen LogP contribution in [0.2, 0.25) is 0 Å². The standard InChI is InChI=1S/C20H14F3N5O2/c1-11-8-17(29)18(19(30)25-13-6-7-15-12(9-13)10-24-26-15)27-28(11)16-5-3-2-4-14(16)20(21,22)23/h2-10H,1H3,(H,24,26)(H,25,30). The van der Waals surface area contributed by atoms with E-state index in [9.17, 15) is 22.8 Å². The maximum absolute atomic E-state index is 13.4. The molecule has 0 atom stereocenters. The van der Waals surface area contributed by atoms with Crippen molar-refractivity contribution in [2.75, 3.05) is 5.32 Å². The van der Waals surface area contributed by atoms with E-state index in [2.05, 4.69) is 20.6 Å². The molecule has 0 aliphatic carbocycles. The lowest BCUT2D eigenvalue weighted by atomic mass is 10.1. The maximum Gasteiger partial charge on any atom is 0.418 e. The van der Waals surface area contributed by atoms with Gasteiger partial charge in [0.1, 0.15) is 0 Å². The number of alkyl halides is 3. The van der Waals surface area contributed by atoms with E-state index in [-0.39, 0.29) is 11.4 Å². The average molecular weight is 413 g/mol. The molecule has 0 saturated carbocycles. The minimum Gasteiger partial charge on any atom is -0.320 e. The number of carbonyl (C=O) groups excluding carboxylic acids is 1. The molecule has 1 amide bonds. The van der Waals surface area contributed by atoms with Crippen molar-refractivity contribution in [1.29, 1.82) is 0 Å². The van der Waals surface area contributed by atoms with Gasteiger partial charge in [-0.05, 0) is 37.3 Å². The zero-order valence-corrected chi connectivity index (χ0v) is 15.5. The molecular weight excluding hydrogens is 399 g/mol. The van der Waals surface area contributed by atoms with Crippen LogP contribution in [0.1, 0.15) is 21.7 Å². The Bertz CT molecular complexity index is 1320. The Morgan fingerprint density at radius 2 is 1.90 bits per heavy atom. The Labute approximate surface area is 167 Å². The second-order valence-corrected chi connectivity index (χ2v) is 6.55. The maximum atomic E-state index is 13.4. The minimum atomic E-state index is -4.63. The van der Waals surface area contributed by atoms with E-state index in [1.807, 2.05) is 0 Å². The van der Waals surface area contributed by atoms with E-state index in [0.717, 1.165) is 27.7 Å². The molecule has 0 fully saturated rings. The van der Waals surface area contributed by atoms with E-state index in [4.69, 9.17) is 0 Å². The highest BCUT2D eigenvalue weighted by molar-refractivity contribution is 6.03. The van der Waals surface area contributed by atoms with Crippen molar-refractivity contribution in [2.24, 2.45) is 0 Å². The zero-order valence-electron chi connectivity index (χ0n) is 15.5. The molecule has 152 valence electrons. The van der Waals surface area contributed by atoms with Crippen LogP contribution in [-0.4, -0.2) is 25.9 Å². The van der Waals surface area contributed by atoms with Crippen molar-refractivity contribution in [3.63, 3.8) is 0 Å². The summed E-state index contributed by atoms with van der Waals surface area (Å²) < 4.78 is 41.2. The highest BCUT2D eigenvalue weighted by Crippen LogP contribution is 2.33. The van der Waals surface area contributed by atoms with Crippen molar-refractivity contribution in [1.82, 2.24) is 20.0 Å². The lowest BCUT2D eigenvalue weighted by Gasteiger charge is -2.16. The van der Waals surface area contributed by atoms with Crippen LogP contribution in [-0.2, 0) is 6.18 Å². The molecule has 4 aromatic rings. The van der Waals surface area contributed by atoms with Gasteiger partial charge in [-0.2, -0.15) is 23.4 Å². The molecule has 2 aromatic carbocycles. The molecule has 7 nitrogen and oxygen atoms in total. The van der Waals surface area contributed by atoms with Crippen LogP contribution in [0.25, 0.3) is 16.6 Å². The number of nitrogens with one attached hydrogen (secondary N) is 2. The number of nitrogens with zero attached hydrogens (tertiary/aromatic N) is 3. The van der Waals surface area contributed by atoms with Gasteiger partial charge in [0.2, 0.25) is 5.43 Å². The molecule has 0 radical (unpaired) electrons. The number of fused-ring (bicyclic) bond motifs is 1. The van der Waals surface area contributed by atoms with Crippen LogP contribution in [0.15, 0.2) is 59.5 Å². The van der Waals surface area contributed by atoms with Crippen molar-refractivity contribution in [3.05, 3.63) is 81.9 Å². The summed E-state index contributed by atoms with van der Waals surface area (Å²) >= 11 is 0. The van der Waals surface area contributed by atoms with Crippen molar-refractivity contribution in [3.8, 4) is 5.69 Å². The van der Waals surface area contributed by atoms with Gasteiger partial charge >= 0.3 is 6.18 Å². The summed E-state index contributed by atoms with van der Waals surface area (Å²) in [6.07, 6.45) is -3.06. The molecule has 30 heavy (non-hydrogen) atoms. The average Bonchev–Trinajstić information content (AvgIpc) is 3.15. The molecular formula is C20H14F3N5O2. The van der Waals surface area contributed by atoms with E-state index in [0.29, 0.717) is 5.69 Å². The topological polar surface area (TPSA) is 92.7 Å². The van der Waals surface area contributed by atoms with Gasteiger partial charge in [-0.25, -0.2) is 4.68 Å². The number of H-pyrrole nitrogens is 1. The number of hydrogen-bond acceptors (Lipinski definition) is 4. The molecule has 10 heteroatoms. The van der Waals surface area contributed by atoms with Crippen LogP contribution in [0.4, 0.5) is 18.9 Å². The predicted octanol–water partition coefficient (Wildman–Crippen LogP) is 3.69. The summed E-state index contributed by atoms with van der Waals surface area (Å²) in [4.78, 5) is 25.0. The van der Waals surface area contributed by atoms with E-state index in [1.54, 1.807) is 24.4 Å². The Hall–Kier alpha value is -3.95. The lowest BCUT2D eigenvalue weighted by molar-refractivity contribution is -0.137. The first kappa shape index (κ1) is 19.4. The highest BCUT2D eigenvalue weighted by atomic mass is 19.4. The van der Waals surface area contributed by atoms with E-state index in [1.165, 1.54) is 25.1 Å². The Morgan fingerprint density at radius 3 is 2.67 bits per heavy atom. The number of aryl methyl sites for hydroxylation is 1. The van der Waals surface area contributed by atoms with Crippen molar-refractivity contribution in [2.45, 2.75) is 13.1 Å². The molecule has 0 saturated heterocycles. The summed E-state index contributed by atoms with van der Waals surface area (Å²) in [6.45, 7) is 1.44. The molecule has 0 aliphatic rings. The summed E-state index contributed by atoms with van der Waals surface area (Å²) in [7, 11) is 0. The second kappa shape index (κ2) is 7.14. The number of aromatic amines is 1. The zero-order chi connectivity index (χ0) is 21.5. The quantitative estimate of drug-likeness (QED) is 0.536. The van der Waals surface area contributed by atoms with E-state index >= 15 is 0 Å². The summed E-state index contributed by atoms with van der Waals surface area (Å²) in [6, 6.07) is 10.8. The first-order valence-corrected chi connectivity index (χ1v) is 8.76. The normalized spacial score (nSPS) is 11.6. The largest absolute Gasteiger partial charge is 0.418 e. The molecule has 2 aromatic heterocycles. The van der Waals surface area contributed by atoms with Gasteiger partial charge < -0.3 is 5.32 Å².